The molecule has 1 aliphatic heterocycles. The van der Waals surface area contributed by atoms with Gasteiger partial charge in [-0.05, 0) is 55.3 Å². The van der Waals surface area contributed by atoms with Crippen LogP contribution in [0.1, 0.15) is 43.0 Å². The molecule has 0 saturated heterocycles. The summed E-state index contributed by atoms with van der Waals surface area (Å²) >= 11 is 0. The first-order valence-corrected chi connectivity index (χ1v) is 9.91. The Kier molecular flexibility index (Phi) is 5.58. The second-order valence-electron chi connectivity index (χ2n) is 7.40. The zero-order valence-corrected chi connectivity index (χ0v) is 17.6. The van der Waals surface area contributed by atoms with E-state index < -0.39 is 0 Å². The van der Waals surface area contributed by atoms with Gasteiger partial charge in [-0.15, -0.1) is 0 Å². The van der Waals surface area contributed by atoms with E-state index in [1.54, 1.807) is 30.3 Å². The van der Waals surface area contributed by atoms with E-state index in [1.807, 2.05) is 50.2 Å². The van der Waals surface area contributed by atoms with Crippen molar-refractivity contribution in [2.45, 2.75) is 20.5 Å². The second-order valence-corrected chi connectivity index (χ2v) is 7.40. The predicted octanol–water partition coefficient (Wildman–Crippen LogP) is 5.29. The number of carbonyl (C=O) groups is 2. The number of carbonyl (C=O) groups excluding carboxylic acids is 2. The monoisotopic (exact) mass is 414 g/mol. The largest absolute Gasteiger partial charge is 0.488 e. The highest BCUT2D eigenvalue weighted by Gasteiger charge is 2.30. The Balaban J connectivity index is 1.51. The maximum absolute atomic E-state index is 12.8. The first kappa shape index (κ1) is 20.4. The Hall–Kier alpha value is -3.86. The lowest BCUT2D eigenvalue weighted by Gasteiger charge is -2.12. The molecular weight excluding hydrogens is 392 g/mol. The molecule has 0 aliphatic carbocycles. The maximum atomic E-state index is 12.8. The third-order valence-electron chi connectivity index (χ3n) is 5.15. The summed E-state index contributed by atoms with van der Waals surface area (Å²) in [7, 11) is 1.35. The normalized spacial score (nSPS) is 13.6. The molecule has 0 saturated carbocycles. The fourth-order valence-electron chi connectivity index (χ4n) is 3.45. The summed E-state index contributed by atoms with van der Waals surface area (Å²) in [6.45, 7) is 4.20. The van der Waals surface area contributed by atoms with Crippen molar-refractivity contribution in [1.82, 2.24) is 0 Å². The van der Waals surface area contributed by atoms with Crippen LogP contribution < -0.4 is 9.47 Å². The van der Waals surface area contributed by atoms with E-state index in [2.05, 4.69) is 0 Å². The van der Waals surface area contributed by atoms with Crippen LogP contribution in [0.25, 0.3) is 6.08 Å². The number of fused-ring (bicyclic) bond motifs is 1. The molecule has 1 aliphatic rings. The molecule has 0 unspecified atom stereocenters. The molecule has 0 bridgehead atoms. The molecular formula is C26H22O5. The third-order valence-corrected chi connectivity index (χ3v) is 5.15. The molecule has 0 N–H and O–H groups in total. The smallest absolute Gasteiger partial charge is 0.337 e. The van der Waals surface area contributed by atoms with Crippen LogP contribution in [0.15, 0.2) is 66.4 Å². The number of benzene rings is 3. The van der Waals surface area contributed by atoms with E-state index in [0.29, 0.717) is 35.0 Å². The van der Waals surface area contributed by atoms with Crippen LogP contribution >= 0.6 is 0 Å². The molecule has 0 radical (unpaired) electrons. The topological polar surface area (TPSA) is 61.8 Å². The standard InChI is InChI=1S/C26H22O5/c1-16-5-4-6-19(13-16)14-23-24(27)21-11-12-22(17(2)25(21)31-23)30-15-18-7-9-20(10-8-18)26(28)29-3/h4-14H,15H2,1-3H3/b23-14-. The van der Waals surface area contributed by atoms with Gasteiger partial charge in [-0.1, -0.05) is 42.0 Å². The molecule has 3 aromatic carbocycles. The van der Waals surface area contributed by atoms with Crippen molar-refractivity contribution in [2.24, 2.45) is 0 Å². The van der Waals surface area contributed by atoms with E-state index in [0.717, 1.165) is 22.3 Å². The molecule has 5 nitrogen and oxygen atoms in total. The number of methoxy groups -OCH3 is 1. The van der Waals surface area contributed by atoms with E-state index in [1.165, 1.54) is 7.11 Å². The van der Waals surface area contributed by atoms with Crippen molar-refractivity contribution in [2.75, 3.05) is 7.11 Å². The number of ether oxygens (including phenoxy) is 3. The van der Waals surface area contributed by atoms with Gasteiger partial charge in [0.05, 0.1) is 18.2 Å². The minimum atomic E-state index is -0.377. The summed E-state index contributed by atoms with van der Waals surface area (Å²) < 4.78 is 16.6. The predicted molar refractivity (Wildman–Crippen MR) is 117 cm³/mol. The van der Waals surface area contributed by atoms with E-state index in [4.69, 9.17) is 14.2 Å². The number of esters is 1. The lowest BCUT2D eigenvalue weighted by molar-refractivity contribution is 0.0600. The van der Waals surface area contributed by atoms with Crippen LogP contribution in [0.4, 0.5) is 0 Å². The molecule has 3 aromatic rings. The summed E-state index contributed by atoms with van der Waals surface area (Å²) in [6, 6.07) is 18.4. The number of hydrogen-bond donors (Lipinski definition) is 0. The average Bonchev–Trinajstić information content (AvgIpc) is 3.09. The number of Topliss-reactive ketones (excluding diaryl/α,β-unsaturated/α-hetero) is 1. The molecule has 0 spiro atoms. The van der Waals surface area contributed by atoms with Gasteiger partial charge in [-0.2, -0.15) is 0 Å². The Morgan fingerprint density at radius 1 is 1.03 bits per heavy atom. The van der Waals surface area contributed by atoms with Gasteiger partial charge in [0.25, 0.3) is 0 Å². The van der Waals surface area contributed by atoms with Gasteiger partial charge in [0.2, 0.25) is 5.78 Å². The highest BCUT2D eigenvalue weighted by molar-refractivity contribution is 6.15. The summed E-state index contributed by atoms with van der Waals surface area (Å²) in [5, 5.41) is 0. The second kappa shape index (κ2) is 8.48. The van der Waals surface area contributed by atoms with Crippen LogP contribution in [-0.4, -0.2) is 18.9 Å². The molecule has 31 heavy (non-hydrogen) atoms. The number of aryl methyl sites for hydroxylation is 1. The van der Waals surface area contributed by atoms with E-state index >= 15 is 0 Å². The molecule has 0 amide bonds. The van der Waals surface area contributed by atoms with Crippen LogP contribution in [-0.2, 0) is 11.3 Å². The highest BCUT2D eigenvalue weighted by atomic mass is 16.5. The fraction of sp³-hybridized carbons (Fsp3) is 0.154. The van der Waals surface area contributed by atoms with Crippen LogP contribution in [0, 0.1) is 13.8 Å². The number of allylic oxidation sites excluding steroid dienone is 1. The van der Waals surface area contributed by atoms with Crippen molar-refractivity contribution < 1.29 is 23.8 Å². The number of ketones is 1. The van der Waals surface area contributed by atoms with Gasteiger partial charge in [0.1, 0.15) is 18.1 Å². The number of hydrogen-bond acceptors (Lipinski definition) is 5. The molecule has 0 aromatic heterocycles. The van der Waals surface area contributed by atoms with E-state index in [-0.39, 0.29) is 11.8 Å². The van der Waals surface area contributed by atoms with Crippen LogP contribution in [0.2, 0.25) is 0 Å². The van der Waals surface area contributed by atoms with Crippen molar-refractivity contribution >= 4 is 17.8 Å². The minimum Gasteiger partial charge on any atom is -0.488 e. The molecule has 0 atom stereocenters. The molecule has 0 fully saturated rings. The van der Waals surface area contributed by atoms with Gasteiger partial charge in [0, 0.05) is 5.56 Å². The Labute approximate surface area is 180 Å². The van der Waals surface area contributed by atoms with Crippen LogP contribution in [0.3, 0.4) is 0 Å². The first-order chi connectivity index (χ1) is 15.0. The van der Waals surface area contributed by atoms with E-state index in [9.17, 15) is 9.59 Å². The van der Waals surface area contributed by atoms with Crippen molar-refractivity contribution in [3.8, 4) is 11.5 Å². The quantitative estimate of drug-likeness (QED) is 0.420. The maximum Gasteiger partial charge on any atom is 0.337 e. The number of rotatable bonds is 5. The van der Waals surface area contributed by atoms with Gasteiger partial charge in [-0.25, -0.2) is 4.79 Å². The van der Waals surface area contributed by atoms with Gasteiger partial charge in [0.15, 0.2) is 5.76 Å². The molecule has 156 valence electrons. The summed E-state index contributed by atoms with van der Waals surface area (Å²) in [5.41, 5.74) is 4.73. The van der Waals surface area contributed by atoms with Crippen LogP contribution in [0.5, 0.6) is 11.5 Å². The first-order valence-electron chi connectivity index (χ1n) is 9.91. The SMILES string of the molecule is COC(=O)c1ccc(COc2ccc3c(c2C)O/C(=C\c2cccc(C)c2)C3=O)cc1. The Morgan fingerprint density at radius 3 is 2.52 bits per heavy atom. The average molecular weight is 414 g/mol. The van der Waals surface area contributed by atoms with Crippen molar-refractivity contribution in [3.63, 3.8) is 0 Å². The summed E-state index contributed by atoms with van der Waals surface area (Å²) in [5.74, 6) is 0.963. The fourth-order valence-corrected chi connectivity index (χ4v) is 3.45. The summed E-state index contributed by atoms with van der Waals surface area (Å²) in [4.78, 5) is 24.3. The summed E-state index contributed by atoms with van der Waals surface area (Å²) in [6.07, 6.45) is 1.76. The van der Waals surface area contributed by atoms with Gasteiger partial charge >= 0.3 is 5.97 Å². The Morgan fingerprint density at radius 2 is 1.81 bits per heavy atom. The molecule has 5 heteroatoms. The molecule has 4 rings (SSSR count). The van der Waals surface area contributed by atoms with Gasteiger partial charge < -0.3 is 14.2 Å². The zero-order chi connectivity index (χ0) is 22.0. The minimum absolute atomic E-state index is 0.135. The lowest BCUT2D eigenvalue weighted by atomic mass is 10.1. The van der Waals surface area contributed by atoms with Crippen molar-refractivity contribution in [3.05, 3.63) is 99.8 Å². The Bertz CT molecular complexity index is 1190. The molecule has 1 heterocycles. The van der Waals surface area contributed by atoms with Gasteiger partial charge in [-0.3, -0.25) is 4.79 Å². The highest BCUT2D eigenvalue weighted by Crippen LogP contribution is 2.39. The zero-order valence-electron chi connectivity index (χ0n) is 17.6. The third kappa shape index (κ3) is 4.21. The lowest BCUT2D eigenvalue weighted by Crippen LogP contribution is -2.02. The van der Waals surface area contributed by atoms with Crippen molar-refractivity contribution in [1.29, 1.82) is 0 Å².